The Morgan fingerprint density at radius 3 is 3.00 bits per heavy atom. The van der Waals surface area contributed by atoms with Gasteiger partial charge in [0.2, 0.25) is 0 Å². The number of nitrogens with zero attached hydrogens (tertiary/aromatic N) is 2. The number of fused-ring (bicyclic) bond motifs is 1. The molecule has 1 aromatic carbocycles. The van der Waals surface area contributed by atoms with E-state index in [0.29, 0.717) is 18.2 Å². The smallest absolute Gasteiger partial charge is 0.271 e. The summed E-state index contributed by atoms with van der Waals surface area (Å²) in [7, 11) is 0. The molecular weight excluding hydrogens is 252 g/mol. The lowest BCUT2D eigenvalue weighted by Crippen LogP contribution is -2.46. The number of hydrogen-bond donors (Lipinski definition) is 2. The second-order valence-corrected chi connectivity index (χ2v) is 5.82. The van der Waals surface area contributed by atoms with Crippen molar-refractivity contribution in [3.05, 3.63) is 40.3 Å². The Bertz CT molecular complexity index is 656. The van der Waals surface area contributed by atoms with Crippen LogP contribution < -0.4 is 11.3 Å². The van der Waals surface area contributed by atoms with Crippen LogP contribution >= 0.6 is 0 Å². The summed E-state index contributed by atoms with van der Waals surface area (Å²) in [4.78, 5) is 21.7. The third kappa shape index (κ3) is 2.73. The molecule has 5 heteroatoms. The first-order valence-electron chi connectivity index (χ1n) is 7.07. The van der Waals surface area contributed by atoms with Gasteiger partial charge < -0.3 is 10.7 Å². The van der Waals surface area contributed by atoms with Crippen LogP contribution in [0.15, 0.2) is 29.1 Å². The number of benzene rings is 1. The van der Waals surface area contributed by atoms with Crippen molar-refractivity contribution in [2.75, 3.05) is 13.1 Å². The van der Waals surface area contributed by atoms with Crippen LogP contribution in [0.1, 0.15) is 19.0 Å². The highest BCUT2D eigenvalue weighted by molar-refractivity contribution is 5.73. The predicted octanol–water partition coefficient (Wildman–Crippen LogP) is 1.09. The molecule has 1 fully saturated rings. The van der Waals surface area contributed by atoms with Crippen LogP contribution in [-0.4, -0.2) is 34.0 Å². The lowest BCUT2D eigenvalue weighted by Gasteiger charge is -2.34. The molecule has 5 nitrogen and oxygen atoms in total. The number of rotatable bonds is 2. The van der Waals surface area contributed by atoms with E-state index in [1.807, 2.05) is 24.3 Å². The molecule has 1 aliphatic heterocycles. The first-order valence-corrected chi connectivity index (χ1v) is 7.07. The van der Waals surface area contributed by atoms with Gasteiger partial charge in [-0.25, -0.2) is 4.98 Å². The number of H-pyrrole nitrogens is 1. The third-order valence-electron chi connectivity index (χ3n) is 3.81. The fourth-order valence-electron chi connectivity index (χ4n) is 3.03. The van der Waals surface area contributed by atoms with E-state index in [9.17, 15) is 4.79 Å². The quantitative estimate of drug-likeness (QED) is 0.858. The molecule has 0 bridgehead atoms. The molecule has 0 radical (unpaired) electrons. The Balaban J connectivity index is 1.87. The topological polar surface area (TPSA) is 75.0 Å². The fraction of sp³-hybridized carbons (Fsp3) is 0.467. The van der Waals surface area contributed by atoms with Gasteiger partial charge >= 0.3 is 0 Å². The summed E-state index contributed by atoms with van der Waals surface area (Å²) >= 11 is 0. The maximum absolute atomic E-state index is 12.1. The zero-order valence-corrected chi connectivity index (χ0v) is 11.7. The van der Waals surface area contributed by atoms with Crippen LogP contribution in [0.5, 0.6) is 0 Å². The van der Waals surface area contributed by atoms with Gasteiger partial charge in [0.1, 0.15) is 5.69 Å². The molecule has 1 saturated heterocycles. The molecule has 3 rings (SSSR count). The average molecular weight is 272 g/mol. The highest BCUT2D eigenvalue weighted by Gasteiger charge is 2.23. The van der Waals surface area contributed by atoms with E-state index in [2.05, 4.69) is 21.8 Å². The normalized spacial score (nSPS) is 24.1. The van der Waals surface area contributed by atoms with Crippen molar-refractivity contribution in [1.29, 1.82) is 0 Å². The molecule has 2 atom stereocenters. The van der Waals surface area contributed by atoms with Gasteiger partial charge in [-0.05, 0) is 24.5 Å². The summed E-state index contributed by atoms with van der Waals surface area (Å²) in [6, 6.07) is 7.80. The number of nitrogens with two attached hydrogens (primary N) is 1. The van der Waals surface area contributed by atoms with Gasteiger partial charge in [-0.15, -0.1) is 0 Å². The summed E-state index contributed by atoms with van der Waals surface area (Å²) in [5.41, 5.74) is 8.13. The number of hydrogen-bond acceptors (Lipinski definition) is 4. The van der Waals surface area contributed by atoms with E-state index < -0.39 is 0 Å². The van der Waals surface area contributed by atoms with Gasteiger partial charge in [-0.3, -0.25) is 9.69 Å². The van der Waals surface area contributed by atoms with E-state index in [1.54, 1.807) is 0 Å². The van der Waals surface area contributed by atoms with E-state index in [-0.39, 0.29) is 11.6 Å². The van der Waals surface area contributed by atoms with Crippen LogP contribution in [0.2, 0.25) is 0 Å². The Morgan fingerprint density at radius 1 is 1.40 bits per heavy atom. The Kier molecular flexibility index (Phi) is 3.54. The van der Waals surface area contributed by atoms with Gasteiger partial charge in [0.15, 0.2) is 0 Å². The van der Waals surface area contributed by atoms with Crippen molar-refractivity contribution >= 4 is 11.0 Å². The number of nitrogens with one attached hydrogen (secondary N) is 1. The van der Waals surface area contributed by atoms with Crippen LogP contribution in [-0.2, 0) is 6.54 Å². The maximum atomic E-state index is 12.1. The van der Waals surface area contributed by atoms with E-state index in [1.165, 1.54) is 0 Å². The van der Waals surface area contributed by atoms with Crippen LogP contribution in [0.4, 0.5) is 0 Å². The second-order valence-electron chi connectivity index (χ2n) is 5.82. The van der Waals surface area contributed by atoms with Crippen LogP contribution in [0.3, 0.4) is 0 Å². The lowest BCUT2D eigenvalue weighted by molar-refractivity contribution is 0.156. The minimum atomic E-state index is -0.101. The molecule has 2 unspecified atom stereocenters. The monoisotopic (exact) mass is 272 g/mol. The summed E-state index contributed by atoms with van der Waals surface area (Å²) < 4.78 is 0. The summed E-state index contributed by atoms with van der Waals surface area (Å²) in [5.74, 6) is 0.568. The van der Waals surface area contributed by atoms with Crippen LogP contribution in [0, 0.1) is 5.92 Å². The van der Waals surface area contributed by atoms with Crippen molar-refractivity contribution < 1.29 is 0 Å². The zero-order valence-electron chi connectivity index (χ0n) is 11.7. The highest BCUT2D eigenvalue weighted by Crippen LogP contribution is 2.16. The molecule has 1 aliphatic rings. The van der Waals surface area contributed by atoms with Crippen molar-refractivity contribution in [3.63, 3.8) is 0 Å². The number of aromatic nitrogens is 2. The zero-order chi connectivity index (χ0) is 14.1. The summed E-state index contributed by atoms with van der Waals surface area (Å²) in [6.45, 7) is 4.57. The minimum absolute atomic E-state index is 0.101. The van der Waals surface area contributed by atoms with Crippen LogP contribution in [0.25, 0.3) is 11.0 Å². The van der Waals surface area contributed by atoms with E-state index in [0.717, 1.165) is 30.5 Å². The number of likely N-dealkylation sites (tertiary alicyclic amines) is 1. The molecule has 2 aromatic rings. The minimum Gasteiger partial charge on any atom is -0.327 e. The lowest BCUT2D eigenvalue weighted by atomic mass is 9.96. The van der Waals surface area contributed by atoms with Crippen molar-refractivity contribution in [1.82, 2.24) is 14.9 Å². The number of piperidine rings is 1. The molecule has 20 heavy (non-hydrogen) atoms. The number of para-hydroxylation sites is 2. The second kappa shape index (κ2) is 5.34. The molecule has 3 N–H and O–H groups in total. The van der Waals surface area contributed by atoms with Crippen molar-refractivity contribution in [2.45, 2.75) is 25.9 Å². The largest absolute Gasteiger partial charge is 0.327 e. The standard InChI is InChI=1S/C15H20N4O/c1-10-6-11(16)8-19(7-10)9-14-15(20)18-13-5-3-2-4-12(13)17-14/h2-5,10-11H,6-9,16H2,1H3,(H,18,20). The van der Waals surface area contributed by atoms with E-state index in [4.69, 9.17) is 5.73 Å². The SMILES string of the molecule is CC1CC(N)CN(Cc2nc3ccccc3[nH]c2=O)C1. The molecule has 106 valence electrons. The fourth-order valence-corrected chi connectivity index (χ4v) is 3.03. The molecule has 0 spiro atoms. The number of aromatic amines is 1. The molecule has 0 aliphatic carbocycles. The van der Waals surface area contributed by atoms with E-state index >= 15 is 0 Å². The first-order chi connectivity index (χ1) is 9.61. The predicted molar refractivity (Wildman–Crippen MR) is 79.4 cm³/mol. The van der Waals surface area contributed by atoms with Crippen molar-refractivity contribution in [3.8, 4) is 0 Å². The van der Waals surface area contributed by atoms with Gasteiger partial charge in [0.25, 0.3) is 5.56 Å². The maximum Gasteiger partial charge on any atom is 0.271 e. The van der Waals surface area contributed by atoms with Gasteiger partial charge in [-0.1, -0.05) is 19.1 Å². The first kappa shape index (κ1) is 13.3. The average Bonchev–Trinajstić information content (AvgIpc) is 2.38. The summed E-state index contributed by atoms with van der Waals surface area (Å²) in [6.07, 6.45) is 1.05. The Hall–Kier alpha value is -1.72. The van der Waals surface area contributed by atoms with Gasteiger partial charge in [-0.2, -0.15) is 0 Å². The summed E-state index contributed by atoms with van der Waals surface area (Å²) in [5, 5.41) is 0. The molecule has 2 heterocycles. The molecule has 1 aromatic heterocycles. The third-order valence-corrected chi connectivity index (χ3v) is 3.81. The molecule has 0 amide bonds. The Labute approximate surface area is 117 Å². The molecule has 0 saturated carbocycles. The van der Waals surface area contributed by atoms with Gasteiger partial charge in [0.05, 0.1) is 11.0 Å². The Morgan fingerprint density at radius 2 is 2.20 bits per heavy atom. The van der Waals surface area contributed by atoms with Gasteiger partial charge in [0, 0.05) is 25.7 Å². The highest BCUT2D eigenvalue weighted by atomic mass is 16.1. The molecular formula is C15H20N4O. The van der Waals surface area contributed by atoms with Crippen molar-refractivity contribution in [2.24, 2.45) is 11.7 Å².